The van der Waals surface area contributed by atoms with E-state index in [1.165, 1.54) is 13.0 Å². The van der Waals surface area contributed by atoms with Crippen molar-refractivity contribution in [3.8, 4) is 5.75 Å². The summed E-state index contributed by atoms with van der Waals surface area (Å²) in [6, 6.07) is 2.99. The summed E-state index contributed by atoms with van der Waals surface area (Å²) in [5, 5.41) is 35.1. The number of allylic oxidation sites excluding steroid dienone is 2. The lowest BCUT2D eigenvalue weighted by Gasteiger charge is -2.47. The van der Waals surface area contributed by atoms with Gasteiger partial charge in [0.25, 0.3) is 5.91 Å². The van der Waals surface area contributed by atoms with Gasteiger partial charge in [0.05, 0.1) is 12.2 Å². The number of rotatable bonds is 4. The van der Waals surface area contributed by atoms with Crippen molar-refractivity contribution in [3.05, 3.63) is 51.3 Å². The topological polar surface area (TPSA) is 176 Å². The molecule has 0 spiro atoms. The number of ether oxygens (including phenoxy) is 1. The number of amides is 2. The number of primary amides is 1. The molecule has 198 valence electrons. The lowest BCUT2D eigenvalue weighted by molar-refractivity contribution is -0.140. The van der Waals surface area contributed by atoms with Crippen molar-refractivity contribution in [1.29, 1.82) is 0 Å². The van der Waals surface area contributed by atoms with Gasteiger partial charge >= 0.3 is 6.09 Å². The Bertz CT molecular complexity index is 1290. The van der Waals surface area contributed by atoms with E-state index < -0.39 is 52.3 Å². The summed E-state index contributed by atoms with van der Waals surface area (Å²) >= 11 is 0. The van der Waals surface area contributed by atoms with Crippen molar-refractivity contribution in [3.63, 3.8) is 0 Å². The minimum atomic E-state index is -2.17. The summed E-state index contributed by atoms with van der Waals surface area (Å²) < 4.78 is 5.24. The maximum atomic E-state index is 13.7. The summed E-state index contributed by atoms with van der Waals surface area (Å²) in [5.74, 6) is -4.60. The maximum Gasteiger partial charge on any atom is 0.407 e. The van der Waals surface area contributed by atoms with Crippen LogP contribution in [0.2, 0.25) is 0 Å². The smallest absolute Gasteiger partial charge is 0.407 e. The van der Waals surface area contributed by atoms with Crippen molar-refractivity contribution < 1.29 is 39.2 Å². The predicted molar refractivity (Wildman–Crippen MR) is 132 cm³/mol. The summed E-state index contributed by atoms with van der Waals surface area (Å²) in [4.78, 5) is 50.8. The van der Waals surface area contributed by atoms with Gasteiger partial charge in [-0.25, -0.2) is 4.79 Å². The fourth-order valence-corrected chi connectivity index (χ4v) is 5.70. The van der Waals surface area contributed by atoms with Crippen LogP contribution in [0.15, 0.2) is 34.6 Å². The van der Waals surface area contributed by atoms with Crippen LogP contribution in [0.3, 0.4) is 0 Å². The van der Waals surface area contributed by atoms with Gasteiger partial charge < -0.3 is 31.1 Å². The van der Waals surface area contributed by atoms with Crippen LogP contribution < -0.4 is 11.1 Å². The first kappa shape index (κ1) is 26.4. The van der Waals surface area contributed by atoms with Crippen LogP contribution in [-0.4, -0.2) is 51.1 Å². The molecule has 0 aromatic heterocycles. The van der Waals surface area contributed by atoms with Gasteiger partial charge in [-0.15, -0.1) is 0 Å². The van der Waals surface area contributed by atoms with E-state index in [1.807, 2.05) is 20.8 Å². The molecule has 0 saturated heterocycles. The van der Waals surface area contributed by atoms with Crippen LogP contribution in [-0.2, 0) is 27.3 Å². The Morgan fingerprint density at radius 2 is 1.86 bits per heavy atom. The lowest BCUT2D eigenvalue weighted by atomic mass is 9.58. The predicted octanol–water partition coefficient (Wildman–Crippen LogP) is 2.36. The lowest BCUT2D eigenvalue weighted by Crippen LogP contribution is -2.56. The second-order valence-corrected chi connectivity index (χ2v) is 11.3. The Kier molecular flexibility index (Phi) is 6.44. The zero-order valence-corrected chi connectivity index (χ0v) is 21.3. The quantitative estimate of drug-likeness (QED) is 0.382. The van der Waals surface area contributed by atoms with Gasteiger partial charge in [0.2, 0.25) is 5.78 Å². The molecular weight excluding hydrogens is 480 g/mol. The van der Waals surface area contributed by atoms with E-state index in [4.69, 9.17) is 10.5 Å². The van der Waals surface area contributed by atoms with Crippen LogP contribution in [0.4, 0.5) is 4.79 Å². The van der Waals surface area contributed by atoms with Crippen LogP contribution in [0, 0.1) is 17.3 Å². The van der Waals surface area contributed by atoms with E-state index in [2.05, 4.69) is 5.32 Å². The number of carbonyl (C=O) groups is 4. The van der Waals surface area contributed by atoms with Gasteiger partial charge in [-0.2, -0.15) is 0 Å². The number of aromatic hydroxyl groups is 1. The number of nitrogens with two attached hydrogens (primary N) is 1. The summed E-state index contributed by atoms with van der Waals surface area (Å²) in [5.41, 5.74) is 3.79. The third-order valence-corrected chi connectivity index (χ3v) is 7.46. The molecule has 1 aromatic rings. The number of phenolic OH excluding ortho intramolecular Hbond substituents is 1. The molecule has 37 heavy (non-hydrogen) atoms. The first-order valence-electron chi connectivity index (χ1n) is 12.2. The number of Topliss-reactive ketones (excluding diaryl/α,β-unsaturated/α-hetero) is 2. The molecule has 0 bridgehead atoms. The third-order valence-electron chi connectivity index (χ3n) is 7.46. The molecular formula is C27H32N2O8. The molecule has 0 aliphatic heterocycles. The Labute approximate surface area is 214 Å². The van der Waals surface area contributed by atoms with Crippen LogP contribution in [0.25, 0.3) is 0 Å². The highest BCUT2D eigenvalue weighted by Gasteiger charge is 2.57. The van der Waals surface area contributed by atoms with E-state index in [9.17, 15) is 34.5 Å². The molecule has 0 saturated carbocycles. The monoisotopic (exact) mass is 512 g/mol. The first-order chi connectivity index (χ1) is 17.2. The highest BCUT2D eigenvalue weighted by molar-refractivity contribution is 6.24. The third kappa shape index (κ3) is 4.39. The van der Waals surface area contributed by atoms with E-state index >= 15 is 0 Å². The number of ketones is 2. The van der Waals surface area contributed by atoms with Gasteiger partial charge in [0.1, 0.15) is 17.1 Å². The molecule has 3 atom stereocenters. The number of hydrogen-bond donors (Lipinski definition) is 5. The molecule has 4 rings (SSSR count). The molecule has 3 aliphatic carbocycles. The Morgan fingerprint density at radius 1 is 1.19 bits per heavy atom. The fraction of sp³-hybridized carbons (Fsp3) is 0.481. The van der Waals surface area contributed by atoms with Crippen LogP contribution >= 0.6 is 0 Å². The highest BCUT2D eigenvalue weighted by atomic mass is 16.5. The SMILES string of the molecule is CC1=C2C(=O)c3c(O)ccc(CNC(=O)OCC(C)(C)C)c3C[C@H]2C[C@H]2CC(O)=C(C(N)=O)C(=O)[C@@]12O. The van der Waals surface area contributed by atoms with Crippen molar-refractivity contribution in [1.82, 2.24) is 5.32 Å². The number of aliphatic hydroxyl groups excluding tert-OH is 1. The van der Waals surface area contributed by atoms with Gasteiger partial charge in [0, 0.05) is 24.5 Å². The van der Waals surface area contributed by atoms with Crippen LogP contribution in [0.1, 0.15) is 62.0 Å². The molecule has 10 heteroatoms. The summed E-state index contributed by atoms with van der Waals surface area (Å²) in [6.45, 7) is 7.56. The maximum absolute atomic E-state index is 13.7. The Hall–Kier alpha value is -3.66. The van der Waals surface area contributed by atoms with Crippen molar-refractivity contribution >= 4 is 23.6 Å². The average Bonchev–Trinajstić information content (AvgIpc) is 2.78. The Morgan fingerprint density at radius 3 is 2.49 bits per heavy atom. The van der Waals surface area contributed by atoms with Crippen molar-refractivity contribution in [2.45, 2.75) is 59.1 Å². The second-order valence-electron chi connectivity index (χ2n) is 11.3. The zero-order valence-electron chi connectivity index (χ0n) is 21.3. The van der Waals surface area contributed by atoms with E-state index in [0.717, 1.165) is 0 Å². The molecule has 0 fully saturated rings. The minimum absolute atomic E-state index is 0.0479. The largest absolute Gasteiger partial charge is 0.511 e. The Balaban J connectivity index is 1.69. The minimum Gasteiger partial charge on any atom is -0.511 e. The van der Waals surface area contributed by atoms with Crippen molar-refractivity contribution in [2.24, 2.45) is 23.0 Å². The second kappa shape index (κ2) is 9.02. The van der Waals surface area contributed by atoms with Crippen molar-refractivity contribution in [2.75, 3.05) is 6.61 Å². The van der Waals surface area contributed by atoms with Crippen LogP contribution in [0.5, 0.6) is 5.75 Å². The summed E-state index contributed by atoms with van der Waals surface area (Å²) in [7, 11) is 0. The first-order valence-corrected chi connectivity index (χ1v) is 12.2. The molecule has 0 radical (unpaired) electrons. The molecule has 1 aromatic carbocycles. The molecule has 0 unspecified atom stereocenters. The van der Waals surface area contributed by atoms with E-state index in [0.29, 0.717) is 17.5 Å². The number of benzene rings is 1. The van der Waals surface area contributed by atoms with Gasteiger partial charge in [-0.05, 0) is 53.9 Å². The van der Waals surface area contributed by atoms with E-state index in [-0.39, 0.29) is 53.9 Å². The number of hydrogen-bond acceptors (Lipinski definition) is 8. The fourth-order valence-electron chi connectivity index (χ4n) is 5.70. The molecule has 3 aliphatic rings. The van der Waals surface area contributed by atoms with Gasteiger partial charge in [-0.3, -0.25) is 14.4 Å². The number of aliphatic hydroxyl groups is 2. The molecule has 0 heterocycles. The molecule has 2 amide bonds. The zero-order chi connectivity index (χ0) is 27.4. The van der Waals surface area contributed by atoms with E-state index in [1.54, 1.807) is 6.07 Å². The standard InChI is InChI=1S/C27H32N2O8/c1-12-19-14(7-15-9-18(31)21(24(28)34)23(33)27(12,15)36)8-16-13(5-6-17(30)20(16)22(19)32)10-29-25(35)37-11-26(2,3)4/h5-6,14-15,30-31,36H,7-11H2,1-4H3,(H2,28,34)(H,29,35)/t14-,15+,27-/m1/s1. The summed E-state index contributed by atoms with van der Waals surface area (Å²) in [6.07, 6.45) is -0.251. The van der Waals surface area contributed by atoms with Gasteiger partial charge in [0.15, 0.2) is 11.4 Å². The normalized spacial score (nSPS) is 25.3. The highest BCUT2D eigenvalue weighted by Crippen LogP contribution is 2.52. The van der Waals surface area contributed by atoms with Gasteiger partial charge in [-0.1, -0.05) is 26.8 Å². The number of carbonyl (C=O) groups excluding carboxylic acids is 4. The number of alkyl carbamates (subject to hydrolysis) is 1. The molecule has 10 nitrogen and oxygen atoms in total. The number of nitrogens with one attached hydrogen (secondary N) is 1. The number of phenols is 1. The number of fused-ring (bicyclic) bond motifs is 3. The average molecular weight is 513 g/mol. The molecule has 6 N–H and O–H groups in total.